The molecule has 0 spiro atoms. The van der Waals surface area contributed by atoms with Crippen molar-refractivity contribution in [2.45, 2.75) is 58.7 Å². The van der Waals surface area contributed by atoms with Gasteiger partial charge >= 0.3 is 12.1 Å². The van der Waals surface area contributed by atoms with E-state index in [4.69, 9.17) is 4.74 Å². The van der Waals surface area contributed by atoms with E-state index in [1.807, 2.05) is 49.4 Å². The number of ether oxygens (including phenoxy) is 2. The van der Waals surface area contributed by atoms with Crippen molar-refractivity contribution < 1.29 is 33.8 Å². The Hall–Kier alpha value is -3.92. The molecule has 0 radical (unpaired) electrons. The summed E-state index contributed by atoms with van der Waals surface area (Å²) in [5, 5.41) is 15.1. The highest BCUT2D eigenvalue weighted by atomic mass is 16.6. The number of nitrogens with zero attached hydrogens (tertiary/aromatic N) is 1. The van der Waals surface area contributed by atoms with E-state index in [9.17, 15) is 24.3 Å². The first-order valence-corrected chi connectivity index (χ1v) is 12.7. The van der Waals surface area contributed by atoms with E-state index in [-0.39, 0.29) is 13.0 Å². The minimum atomic E-state index is -1.20. The zero-order valence-electron chi connectivity index (χ0n) is 23.4. The molecule has 0 aliphatic heterocycles. The molecule has 2 aromatic carbocycles. The average molecular weight is 542 g/mol. The molecule has 2 atom stereocenters. The molecule has 0 bridgehead atoms. The third-order valence-corrected chi connectivity index (χ3v) is 5.82. The fourth-order valence-electron chi connectivity index (χ4n) is 4.01. The Morgan fingerprint density at radius 1 is 1.03 bits per heavy atom. The molecule has 2 aromatic rings. The van der Waals surface area contributed by atoms with Gasteiger partial charge in [-0.1, -0.05) is 54.1 Å². The number of aliphatic hydroxyl groups is 1. The molecular formula is C29H39N3O7. The van der Waals surface area contributed by atoms with E-state index >= 15 is 0 Å². The van der Waals surface area contributed by atoms with Gasteiger partial charge in [-0.3, -0.25) is 14.4 Å². The number of hydrogen-bond acceptors (Lipinski definition) is 7. The van der Waals surface area contributed by atoms with Crippen LogP contribution < -0.4 is 10.6 Å². The lowest BCUT2D eigenvalue weighted by Crippen LogP contribution is -2.54. The number of nitrogens with one attached hydrogen (secondary N) is 2. The number of methoxy groups -OCH3 is 1. The number of esters is 1. The number of amides is 3. The molecular weight excluding hydrogens is 502 g/mol. The van der Waals surface area contributed by atoms with E-state index < -0.39 is 54.7 Å². The van der Waals surface area contributed by atoms with E-state index in [2.05, 4.69) is 15.4 Å². The number of carbonyl (C=O) groups excluding carboxylic acids is 4. The summed E-state index contributed by atoms with van der Waals surface area (Å²) in [6.45, 7) is 7.74. The first-order chi connectivity index (χ1) is 18.4. The van der Waals surface area contributed by atoms with Crippen molar-refractivity contribution in [2.75, 3.05) is 26.8 Å². The fraction of sp³-hybridized carbons (Fsp3) is 0.448. The van der Waals surface area contributed by atoms with E-state index in [1.54, 1.807) is 33.8 Å². The predicted molar refractivity (Wildman–Crippen MR) is 146 cm³/mol. The predicted octanol–water partition coefficient (Wildman–Crippen LogP) is 2.59. The van der Waals surface area contributed by atoms with Crippen LogP contribution in [-0.4, -0.2) is 72.3 Å². The summed E-state index contributed by atoms with van der Waals surface area (Å²) in [4.78, 5) is 53.4. The summed E-state index contributed by atoms with van der Waals surface area (Å²) in [5.74, 6) is -1.89. The highest BCUT2D eigenvalue weighted by Gasteiger charge is 2.37. The van der Waals surface area contributed by atoms with Crippen molar-refractivity contribution in [3.05, 3.63) is 70.8 Å². The summed E-state index contributed by atoms with van der Waals surface area (Å²) in [5.41, 5.74) is 2.08. The van der Waals surface area contributed by atoms with Gasteiger partial charge in [-0.25, -0.2) is 4.79 Å². The van der Waals surface area contributed by atoms with Crippen molar-refractivity contribution in [1.29, 1.82) is 0 Å². The second kappa shape index (κ2) is 14.3. The van der Waals surface area contributed by atoms with Crippen LogP contribution in [0.15, 0.2) is 48.5 Å². The number of carbonyl (C=O) groups is 4. The molecule has 212 valence electrons. The van der Waals surface area contributed by atoms with Crippen molar-refractivity contribution in [2.24, 2.45) is 0 Å². The van der Waals surface area contributed by atoms with Crippen LogP contribution in [0.3, 0.4) is 0 Å². The summed E-state index contributed by atoms with van der Waals surface area (Å²) in [6.07, 6.45) is -0.677. The van der Waals surface area contributed by atoms with Crippen LogP contribution in [0.2, 0.25) is 0 Å². The van der Waals surface area contributed by atoms with Crippen molar-refractivity contribution >= 4 is 23.9 Å². The Morgan fingerprint density at radius 2 is 1.69 bits per heavy atom. The van der Waals surface area contributed by atoms with Crippen molar-refractivity contribution in [3.63, 3.8) is 0 Å². The standard InChI is InChI=1S/C29H39N3O7/c1-19-12-13-20(2)22(16-19)25(26(35)30-18-24(34)38-6)32(14-15-33)27(36)23(17-21-10-8-7-9-11-21)31-28(37)39-29(3,4)5/h7-13,16,23,25,33H,14-15,17-18H2,1-6H3,(H,30,35)(H,31,37). The molecule has 0 saturated heterocycles. The second-order valence-corrected chi connectivity index (χ2v) is 10.2. The van der Waals surface area contributed by atoms with Crippen LogP contribution in [0.5, 0.6) is 0 Å². The van der Waals surface area contributed by atoms with Crippen LogP contribution in [0.25, 0.3) is 0 Å². The van der Waals surface area contributed by atoms with Crippen LogP contribution in [0, 0.1) is 13.8 Å². The van der Waals surface area contributed by atoms with Gasteiger partial charge in [-0.2, -0.15) is 0 Å². The van der Waals surface area contributed by atoms with Crippen LogP contribution in [0.1, 0.15) is 49.1 Å². The molecule has 3 N–H and O–H groups in total. The Morgan fingerprint density at radius 3 is 2.28 bits per heavy atom. The number of aryl methyl sites for hydroxylation is 2. The number of benzene rings is 2. The Balaban J connectivity index is 2.55. The molecule has 39 heavy (non-hydrogen) atoms. The minimum Gasteiger partial charge on any atom is -0.468 e. The SMILES string of the molecule is COC(=O)CNC(=O)C(c1cc(C)ccc1C)N(CCO)C(=O)C(Cc1ccccc1)NC(=O)OC(C)(C)C. The molecule has 0 aliphatic carbocycles. The zero-order valence-corrected chi connectivity index (χ0v) is 23.4. The van der Waals surface area contributed by atoms with E-state index in [1.165, 1.54) is 12.0 Å². The molecule has 0 fully saturated rings. The van der Waals surface area contributed by atoms with Gasteiger partial charge in [0.05, 0.1) is 13.7 Å². The van der Waals surface area contributed by atoms with Gasteiger partial charge in [0.2, 0.25) is 11.8 Å². The molecule has 2 rings (SSSR count). The molecule has 0 aliphatic rings. The quantitative estimate of drug-likeness (QED) is 0.372. The lowest BCUT2D eigenvalue weighted by molar-refractivity contribution is -0.145. The summed E-state index contributed by atoms with van der Waals surface area (Å²) < 4.78 is 10.0. The Bertz CT molecular complexity index is 1150. The van der Waals surface area contributed by atoms with E-state index in [0.29, 0.717) is 5.56 Å². The van der Waals surface area contributed by atoms with Crippen LogP contribution in [-0.2, 0) is 30.3 Å². The monoisotopic (exact) mass is 541 g/mol. The maximum absolute atomic E-state index is 14.1. The molecule has 10 nitrogen and oxygen atoms in total. The van der Waals surface area contributed by atoms with Crippen molar-refractivity contribution in [1.82, 2.24) is 15.5 Å². The van der Waals surface area contributed by atoms with Gasteiger partial charge in [0.1, 0.15) is 24.2 Å². The molecule has 0 heterocycles. The smallest absolute Gasteiger partial charge is 0.408 e. The van der Waals surface area contributed by atoms with Crippen LogP contribution in [0.4, 0.5) is 4.79 Å². The summed E-state index contributed by atoms with van der Waals surface area (Å²) in [7, 11) is 1.20. The first kappa shape index (κ1) is 31.3. The Labute approximate surface area is 229 Å². The van der Waals surface area contributed by atoms with Gasteiger partial charge in [0.25, 0.3) is 0 Å². The molecule has 0 aromatic heterocycles. The number of aliphatic hydroxyl groups excluding tert-OH is 1. The Kier molecular flexibility index (Phi) is 11.5. The minimum absolute atomic E-state index is 0.115. The highest BCUT2D eigenvalue weighted by Crippen LogP contribution is 2.27. The molecule has 0 saturated carbocycles. The van der Waals surface area contributed by atoms with Gasteiger partial charge < -0.3 is 30.1 Å². The first-order valence-electron chi connectivity index (χ1n) is 12.7. The highest BCUT2D eigenvalue weighted by molar-refractivity contribution is 5.93. The summed E-state index contributed by atoms with van der Waals surface area (Å²) >= 11 is 0. The molecule has 10 heteroatoms. The largest absolute Gasteiger partial charge is 0.468 e. The van der Waals surface area contributed by atoms with Gasteiger partial charge in [0, 0.05) is 13.0 Å². The lowest BCUT2D eigenvalue weighted by Gasteiger charge is -2.35. The number of rotatable bonds is 11. The fourth-order valence-corrected chi connectivity index (χ4v) is 4.01. The summed E-state index contributed by atoms with van der Waals surface area (Å²) in [6, 6.07) is 12.3. The van der Waals surface area contributed by atoms with E-state index in [0.717, 1.165) is 16.7 Å². The number of alkyl carbamates (subject to hydrolysis) is 1. The van der Waals surface area contributed by atoms with Gasteiger partial charge in [-0.05, 0) is 51.3 Å². The second-order valence-electron chi connectivity index (χ2n) is 10.2. The normalized spacial score (nSPS) is 12.6. The van der Waals surface area contributed by atoms with Crippen molar-refractivity contribution in [3.8, 4) is 0 Å². The average Bonchev–Trinajstić information content (AvgIpc) is 2.87. The lowest BCUT2D eigenvalue weighted by atomic mass is 9.95. The maximum Gasteiger partial charge on any atom is 0.408 e. The topological polar surface area (TPSA) is 134 Å². The van der Waals surface area contributed by atoms with Gasteiger partial charge in [0.15, 0.2) is 0 Å². The maximum atomic E-state index is 14.1. The zero-order chi connectivity index (χ0) is 29.2. The number of hydrogen-bond donors (Lipinski definition) is 3. The van der Waals surface area contributed by atoms with Crippen LogP contribution >= 0.6 is 0 Å². The third kappa shape index (κ3) is 9.72. The van der Waals surface area contributed by atoms with Gasteiger partial charge in [-0.15, -0.1) is 0 Å². The molecule has 2 unspecified atom stereocenters. The molecule has 3 amide bonds. The third-order valence-electron chi connectivity index (χ3n) is 5.82.